The Morgan fingerprint density at radius 1 is 0.528 bits per heavy atom. The Morgan fingerprint density at radius 3 is 1.25 bits per heavy atom. The molecule has 32 nitrogen and oxygen atoms in total. The molecular weight excluding hydrogens is 706 g/mol. The van der Waals surface area contributed by atoms with E-state index in [-0.39, 0.29) is 17.6 Å². The van der Waals surface area contributed by atoms with Crippen molar-refractivity contribution in [2.75, 3.05) is 33.7 Å². The van der Waals surface area contributed by atoms with Crippen LogP contribution in [0.1, 0.15) is 6.42 Å². The van der Waals surface area contributed by atoms with Crippen molar-refractivity contribution in [3.63, 3.8) is 0 Å². The summed E-state index contributed by atoms with van der Waals surface area (Å²) in [6.45, 7) is 0.726. The van der Waals surface area contributed by atoms with Crippen LogP contribution in [0.25, 0.3) is 0 Å². The van der Waals surface area contributed by atoms with Crippen LogP contribution in [0.15, 0.2) is 136 Å². The summed E-state index contributed by atoms with van der Waals surface area (Å²) >= 11 is 0. The fourth-order valence-electron chi connectivity index (χ4n) is 2.04. The van der Waals surface area contributed by atoms with Gasteiger partial charge in [0.05, 0.1) is 26.7 Å². The molecule has 0 spiro atoms. The topological polar surface area (TPSA) is 412 Å². The van der Waals surface area contributed by atoms with E-state index in [1.165, 1.54) is 0 Å². The lowest BCUT2D eigenvalue weighted by Gasteiger charge is -2.27. The minimum Gasteiger partial charge on any atom is -0.477 e. The summed E-state index contributed by atoms with van der Waals surface area (Å²) in [6.07, 6.45) is 0.517. The van der Waals surface area contributed by atoms with Crippen LogP contribution in [0.4, 0.5) is 4.79 Å². The van der Waals surface area contributed by atoms with Crippen molar-refractivity contribution in [1.82, 2.24) is 5.32 Å². The van der Waals surface area contributed by atoms with Gasteiger partial charge < -0.3 is 14.9 Å². The van der Waals surface area contributed by atoms with E-state index in [1.54, 1.807) is 20.2 Å². The van der Waals surface area contributed by atoms with Gasteiger partial charge in [-0.05, 0) is 83.6 Å². The van der Waals surface area contributed by atoms with Crippen molar-refractivity contribution >= 4 is 12.0 Å². The number of nitriles is 1. The Balaban J connectivity index is 4.14. The smallest absolute Gasteiger partial charge is 0.361 e. The number of likely N-dealkylation sites (N-methyl/N-ethyl adjacent to an activating group) is 1. The number of aliphatic carboxylic acids is 1. The van der Waals surface area contributed by atoms with Gasteiger partial charge in [0.1, 0.15) is 0 Å². The van der Waals surface area contributed by atoms with Crippen molar-refractivity contribution < 1.29 is 19.2 Å². The highest BCUT2D eigenvalue weighted by atomic mass is 16.4. The summed E-state index contributed by atoms with van der Waals surface area (Å²) in [6, 6.07) is 2.98. The molecule has 0 rings (SSSR count). The Labute approximate surface area is 295 Å². The lowest BCUT2D eigenvalue weighted by Crippen LogP contribution is -2.45. The van der Waals surface area contributed by atoms with Crippen LogP contribution in [0.2, 0.25) is 0 Å². The first-order valence-electron chi connectivity index (χ1n) is 12.8. The lowest BCUT2D eigenvalue weighted by molar-refractivity contribution is -0.883. The van der Waals surface area contributed by atoms with Crippen molar-refractivity contribution in [3.8, 4) is 77.2 Å². The molecule has 0 aliphatic rings. The van der Waals surface area contributed by atoms with Crippen molar-refractivity contribution in [2.24, 2.45) is 136 Å². The number of nitrogens with zero attached hydrogens (tertiary/aromatic N) is 28. The number of urea groups is 1. The average molecular weight is 723 g/mol. The molecule has 0 aliphatic carbocycles. The summed E-state index contributed by atoms with van der Waals surface area (Å²) < 4.78 is 0.255. The zero-order chi connectivity index (χ0) is 38.8. The molecule has 0 atom stereocenters. The summed E-state index contributed by atoms with van der Waals surface area (Å²) in [7, 11) is 3.51. The summed E-state index contributed by atoms with van der Waals surface area (Å²) in [5.74, 6) is 24.7. The van der Waals surface area contributed by atoms with E-state index in [4.69, 9.17) is 10.4 Å². The monoisotopic (exact) mass is 722 g/mol. The molecule has 0 aliphatic heterocycles. The number of carboxylic acids is 1. The van der Waals surface area contributed by atoms with Crippen LogP contribution < -0.4 is 5.32 Å². The SMILES string of the molecule is C[N+](C)(CCCNC(=O)N=N/N=N/N=N/N=N/N=N/N=N/N=N/N=N/N=N/N=N/N=N/N=N/N=NC#CC#CC#CC#CC#CC#CC#N)CC(=O)O. The predicted octanol–water partition coefficient (Wildman–Crippen LogP) is 4.61. The molecule has 0 aromatic rings. The second-order valence-corrected chi connectivity index (χ2v) is 7.74. The molecule has 0 aromatic carbocycles. The van der Waals surface area contributed by atoms with Gasteiger partial charge >= 0.3 is 12.0 Å². The lowest BCUT2D eigenvalue weighted by atomic mass is 10.3. The maximum Gasteiger partial charge on any atom is 0.361 e. The third-order valence-corrected chi connectivity index (χ3v) is 3.67. The van der Waals surface area contributed by atoms with Gasteiger partial charge in [-0.3, -0.25) is 0 Å². The molecule has 0 saturated carbocycles. The van der Waals surface area contributed by atoms with E-state index >= 15 is 0 Å². The third-order valence-electron chi connectivity index (χ3n) is 3.67. The number of nitrogens with one attached hydrogen (secondary N) is 1. The second-order valence-electron chi connectivity index (χ2n) is 7.74. The highest BCUT2D eigenvalue weighted by Gasteiger charge is 2.18. The van der Waals surface area contributed by atoms with Crippen LogP contribution >= 0.6 is 0 Å². The number of carboxylic acid groups (broad SMARTS) is 1. The fourth-order valence-corrected chi connectivity index (χ4v) is 2.04. The maximum absolute atomic E-state index is 11.5. The van der Waals surface area contributed by atoms with Crippen molar-refractivity contribution in [2.45, 2.75) is 6.42 Å². The molecule has 0 saturated heterocycles. The first kappa shape index (κ1) is 43.5. The number of carbonyl (C=O) groups is 2. The Hall–Kier alpha value is -9.45. The molecule has 262 valence electrons. The van der Waals surface area contributed by atoms with Gasteiger partial charge in [-0.1, -0.05) is 10.2 Å². The van der Waals surface area contributed by atoms with Gasteiger partial charge in [0.2, 0.25) is 0 Å². The van der Waals surface area contributed by atoms with Crippen LogP contribution in [0.5, 0.6) is 0 Å². The first-order chi connectivity index (χ1) is 25.9. The molecule has 0 bridgehead atoms. The molecular formula is C21H16N29O3+. The number of rotatable bonds is 18. The van der Waals surface area contributed by atoms with Crippen LogP contribution in [-0.2, 0) is 4.79 Å². The third kappa shape index (κ3) is 36.9. The minimum atomic E-state index is -0.919. The standard InChI is InChI=1S/C21H15N29O3/c1-50(2,19-20(51)52)18-14-16-23-21(53)25-27-29-31-33-35-37-39-41-43-45-47-49-48-46-44-42-40-38-36-34-32-30-28-26-24-17-13-11-9-7-5-3-4-6-8-10-12-15-22/h14,16,18-19H2,1-2H3,(H-,23,51,52,53)/p+1/b26-24?,27-25?,30-28+,31-29+,34-32+,35-33+,38-36+,39-37+,42-40+,43-41+,46-44+,47-45+,49-48+. The van der Waals surface area contributed by atoms with E-state index in [0.717, 1.165) is 0 Å². The Bertz CT molecular complexity index is 2040. The molecule has 32 heteroatoms. The van der Waals surface area contributed by atoms with Gasteiger partial charge in [-0.15, -0.1) is 0 Å². The van der Waals surface area contributed by atoms with Crippen LogP contribution in [0.3, 0.4) is 0 Å². The van der Waals surface area contributed by atoms with E-state index in [1.807, 2.05) is 0 Å². The molecule has 2 N–H and O–H groups in total. The number of amides is 2. The normalized spacial score (nSPS) is 11.7. The predicted molar refractivity (Wildman–Crippen MR) is 163 cm³/mol. The number of carbonyl (C=O) groups excluding carboxylic acids is 1. The Morgan fingerprint density at radius 2 is 0.868 bits per heavy atom. The highest BCUT2D eigenvalue weighted by molar-refractivity contribution is 5.74. The van der Waals surface area contributed by atoms with E-state index in [0.29, 0.717) is 13.0 Å². The number of quaternary nitrogens is 1. The summed E-state index contributed by atoms with van der Waals surface area (Å²) in [4.78, 5) is 22.2. The molecule has 0 aromatic heterocycles. The summed E-state index contributed by atoms with van der Waals surface area (Å²) in [5, 5.41) is 98.9. The molecule has 0 heterocycles. The van der Waals surface area contributed by atoms with Crippen LogP contribution in [-0.4, -0.2) is 55.3 Å². The largest absolute Gasteiger partial charge is 0.477 e. The summed E-state index contributed by atoms with van der Waals surface area (Å²) in [5.41, 5.74) is 0. The Kier molecular flexibility index (Phi) is 27.9. The van der Waals surface area contributed by atoms with Crippen molar-refractivity contribution in [3.05, 3.63) is 0 Å². The molecule has 0 radical (unpaired) electrons. The van der Waals surface area contributed by atoms with Gasteiger partial charge in [0.15, 0.2) is 12.6 Å². The van der Waals surface area contributed by atoms with E-state index < -0.39 is 12.0 Å². The van der Waals surface area contributed by atoms with Gasteiger partial charge in [0, 0.05) is 120 Å². The van der Waals surface area contributed by atoms with Gasteiger partial charge in [0.25, 0.3) is 0 Å². The first-order valence-corrected chi connectivity index (χ1v) is 12.8. The van der Waals surface area contributed by atoms with Crippen molar-refractivity contribution in [1.29, 1.82) is 5.26 Å². The quantitative estimate of drug-likeness (QED) is 0.0672. The average Bonchev–Trinajstić information content (AvgIpc) is 3.12. The number of hydrogen-bond donors (Lipinski definition) is 2. The van der Waals surface area contributed by atoms with Crippen LogP contribution in [0, 0.1) is 82.5 Å². The maximum atomic E-state index is 11.5. The minimum absolute atomic E-state index is 0.0463. The highest BCUT2D eigenvalue weighted by Crippen LogP contribution is 1.98. The molecule has 2 amide bonds. The molecule has 0 unspecified atom stereocenters. The van der Waals surface area contributed by atoms with Gasteiger partial charge in [-0.2, -0.15) is 5.26 Å². The molecule has 53 heavy (non-hydrogen) atoms. The molecule has 0 fully saturated rings. The van der Waals surface area contributed by atoms with Gasteiger partial charge in [-0.25, -0.2) is 9.59 Å². The second kappa shape index (κ2) is 33.9. The zero-order valence-corrected chi connectivity index (χ0v) is 26.6. The fraction of sp³-hybridized carbons (Fsp3) is 0.286. The van der Waals surface area contributed by atoms with E-state index in [9.17, 15) is 9.59 Å². The van der Waals surface area contributed by atoms with E-state index in [2.05, 4.69) is 212 Å². The zero-order valence-electron chi connectivity index (χ0n) is 26.6. The number of hydrogen-bond acceptors (Lipinski definition) is 4.